The molecular weight excluding hydrogens is 276 g/mol. The molecule has 1 aromatic carbocycles. The van der Waals surface area contributed by atoms with Gasteiger partial charge in [-0.25, -0.2) is 0 Å². The highest BCUT2D eigenvalue weighted by Gasteiger charge is 2.17. The van der Waals surface area contributed by atoms with Gasteiger partial charge in [0.15, 0.2) is 5.06 Å². The first-order chi connectivity index (χ1) is 9.56. The molecule has 0 aliphatic carbocycles. The highest BCUT2D eigenvalue weighted by molar-refractivity contribution is 7.14. The molecule has 0 bridgehead atoms. The van der Waals surface area contributed by atoms with E-state index in [0.29, 0.717) is 9.94 Å². The SMILES string of the molecule is CC(C(=O)O)c1ccc(OC(=O)Cc2ccccc2)s1. The summed E-state index contributed by atoms with van der Waals surface area (Å²) in [7, 11) is 0. The zero-order chi connectivity index (χ0) is 14.5. The third-order valence-corrected chi connectivity index (χ3v) is 3.95. The lowest BCUT2D eigenvalue weighted by molar-refractivity contribution is -0.138. The Balaban J connectivity index is 1.97. The average molecular weight is 290 g/mol. The Bertz CT molecular complexity index is 603. The van der Waals surface area contributed by atoms with Gasteiger partial charge in [-0.1, -0.05) is 30.3 Å². The third-order valence-electron chi connectivity index (χ3n) is 2.81. The molecule has 0 aliphatic rings. The van der Waals surface area contributed by atoms with Crippen molar-refractivity contribution in [1.29, 1.82) is 0 Å². The zero-order valence-corrected chi connectivity index (χ0v) is 11.7. The third kappa shape index (κ3) is 3.68. The number of hydrogen-bond donors (Lipinski definition) is 1. The van der Waals surface area contributed by atoms with Crippen molar-refractivity contribution in [2.75, 3.05) is 0 Å². The van der Waals surface area contributed by atoms with Crippen LogP contribution in [0, 0.1) is 0 Å². The van der Waals surface area contributed by atoms with E-state index in [4.69, 9.17) is 9.84 Å². The molecule has 5 heteroatoms. The van der Waals surface area contributed by atoms with Crippen LogP contribution < -0.4 is 4.74 Å². The van der Waals surface area contributed by atoms with Crippen LogP contribution in [-0.4, -0.2) is 17.0 Å². The molecule has 0 saturated heterocycles. The van der Waals surface area contributed by atoms with Crippen molar-refractivity contribution in [1.82, 2.24) is 0 Å². The summed E-state index contributed by atoms with van der Waals surface area (Å²) in [5.74, 6) is -1.84. The minimum atomic E-state index is -0.894. The molecule has 0 amide bonds. The van der Waals surface area contributed by atoms with E-state index in [1.165, 1.54) is 11.3 Å². The van der Waals surface area contributed by atoms with Gasteiger partial charge in [-0.3, -0.25) is 9.59 Å². The van der Waals surface area contributed by atoms with E-state index < -0.39 is 11.9 Å². The molecule has 1 atom stereocenters. The lowest BCUT2D eigenvalue weighted by Gasteiger charge is -2.02. The molecule has 1 aromatic heterocycles. The van der Waals surface area contributed by atoms with Crippen molar-refractivity contribution in [2.45, 2.75) is 19.3 Å². The highest BCUT2D eigenvalue weighted by atomic mass is 32.1. The number of hydrogen-bond acceptors (Lipinski definition) is 4. The van der Waals surface area contributed by atoms with Crippen molar-refractivity contribution < 1.29 is 19.4 Å². The monoisotopic (exact) mass is 290 g/mol. The van der Waals surface area contributed by atoms with Crippen molar-refractivity contribution in [3.63, 3.8) is 0 Å². The number of carboxylic acids is 1. The fourth-order valence-corrected chi connectivity index (χ4v) is 2.57. The second-order valence-corrected chi connectivity index (χ2v) is 5.43. The summed E-state index contributed by atoms with van der Waals surface area (Å²) in [6.07, 6.45) is 0.197. The average Bonchev–Trinajstić information content (AvgIpc) is 2.87. The van der Waals surface area contributed by atoms with E-state index in [2.05, 4.69) is 0 Å². The first-order valence-corrected chi connectivity index (χ1v) is 6.95. The lowest BCUT2D eigenvalue weighted by Crippen LogP contribution is -2.10. The molecule has 1 unspecified atom stereocenters. The summed E-state index contributed by atoms with van der Waals surface area (Å²) in [6.45, 7) is 1.60. The number of ether oxygens (including phenoxy) is 1. The van der Waals surface area contributed by atoms with Crippen LogP contribution in [0.15, 0.2) is 42.5 Å². The molecular formula is C15H14O4S. The fraction of sp³-hybridized carbons (Fsp3) is 0.200. The van der Waals surface area contributed by atoms with Gasteiger partial charge in [-0.05, 0) is 24.6 Å². The Kier molecular flexibility index (Phi) is 4.53. The number of rotatable bonds is 5. The van der Waals surface area contributed by atoms with Gasteiger partial charge in [0.25, 0.3) is 0 Å². The van der Waals surface area contributed by atoms with E-state index in [1.54, 1.807) is 19.1 Å². The van der Waals surface area contributed by atoms with Gasteiger partial charge in [0.2, 0.25) is 0 Å². The Morgan fingerprint density at radius 2 is 1.90 bits per heavy atom. The second kappa shape index (κ2) is 6.34. The molecule has 104 valence electrons. The maximum Gasteiger partial charge on any atom is 0.316 e. The Hall–Kier alpha value is -2.14. The van der Waals surface area contributed by atoms with Gasteiger partial charge in [0, 0.05) is 4.88 Å². The van der Waals surface area contributed by atoms with Gasteiger partial charge in [-0.15, -0.1) is 11.3 Å². The number of thiophene rings is 1. The van der Waals surface area contributed by atoms with Crippen LogP contribution in [0.4, 0.5) is 0 Å². The van der Waals surface area contributed by atoms with Crippen LogP contribution in [0.3, 0.4) is 0 Å². The minimum absolute atomic E-state index is 0.197. The number of benzene rings is 1. The maximum absolute atomic E-state index is 11.8. The second-order valence-electron chi connectivity index (χ2n) is 4.35. The molecule has 0 fully saturated rings. The summed E-state index contributed by atoms with van der Waals surface area (Å²) in [4.78, 5) is 23.3. The molecule has 2 aromatic rings. The van der Waals surface area contributed by atoms with E-state index in [-0.39, 0.29) is 12.4 Å². The van der Waals surface area contributed by atoms with Gasteiger partial charge >= 0.3 is 11.9 Å². The number of carbonyl (C=O) groups is 2. The van der Waals surface area contributed by atoms with Crippen molar-refractivity contribution in [3.05, 3.63) is 52.9 Å². The van der Waals surface area contributed by atoms with Crippen LogP contribution in [0.25, 0.3) is 0 Å². The van der Waals surface area contributed by atoms with Crippen LogP contribution in [0.5, 0.6) is 5.06 Å². The molecule has 0 spiro atoms. The largest absolute Gasteiger partial charge is 0.481 e. The Labute approximate surface area is 120 Å². The predicted octanol–water partition coefficient (Wildman–Crippen LogP) is 3.08. The molecule has 1 heterocycles. The Morgan fingerprint density at radius 1 is 1.20 bits per heavy atom. The highest BCUT2D eigenvalue weighted by Crippen LogP contribution is 2.30. The van der Waals surface area contributed by atoms with Gasteiger partial charge in [0.05, 0.1) is 12.3 Å². The van der Waals surface area contributed by atoms with E-state index in [9.17, 15) is 9.59 Å². The van der Waals surface area contributed by atoms with Gasteiger partial charge < -0.3 is 9.84 Å². The van der Waals surface area contributed by atoms with E-state index in [0.717, 1.165) is 5.56 Å². The van der Waals surface area contributed by atoms with Crippen molar-refractivity contribution in [2.24, 2.45) is 0 Å². The summed E-state index contributed by atoms with van der Waals surface area (Å²) < 4.78 is 5.22. The van der Waals surface area contributed by atoms with Crippen molar-refractivity contribution in [3.8, 4) is 5.06 Å². The molecule has 1 N–H and O–H groups in total. The summed E-state index contributed by atoms with van der Waals surface area (Å²) in [6, 6.07) is 12.6. The van der Waals surface area contributed by atoms with Crippen LogP contribution in [-0.2, 0) is 16.0 Å². The number of carboxylic acid groups (broad SMARTS) is 1. The number of carbonyl (C=O) groups excluding carboxylic acids is 1. The maximum atomic E-state index is 11.8. The van der Waals surface area contributed by atoms with Crippen molar-refractivity contribution >= 4 is 23.3 Å². The molecule has 4 nitrogen and oxygen atoms in total. The van der Waals surface area contributed by atoms with E-state index >= 15 is 0 Å². The summed E-state index contributed by atoms with van der Waals surface area (Å²) in [5, 5.41) is 9.35. The van der Waals surface area contributed by atoms with Crippen LogP contribution >= 0.6 is 11.3 Å². The molecule has 20 heavy (non-hydrogen) atoms. The first-order valence-electron chi connectivity index (χ1n) is 6.13. The molecule has 0 aliphatic heterocycles. The molecule has 0 saturated carbocycles. The topological polar surface area (TPSA) is 63.6 Å². The lowest BCUT2D eigenvalue weighted by atomic mass is 10.1. The van der Waals surface area contributed by atoms with Gasteiger partial charge in [0.1, 0.15) is 0 Å². The quantitative estimate of drug-likeness (QED) is 0.859. The summed E-state index contributed by atoms with van der Waals surface area (Å²) in [5.41, 5.74) is 0.883. The fourth-order valence-electron chi connectivity index (χ4n) is 1.65. The summed E-state index contributed by atoms with van der Waals surface area (Å²) >= 11 is 1.18. The molecule has 2 rings (SSSR count). The van der Waals surface area contributed by atoms with Crippen LogP contribution in [0.2, 0.25) is 0 Å². The van der Waals surface area contributed by atoms with E-state index in [1.807, 2.05) is 30.3 Å². The van der Waals surface area contributed by atoms with Gasteiger partial charge in [-0.2, -0.15) is 0 Å². The number of aliphatic carboxylic acids is 1. The Morgan fingerprint density at radius 3 is 2.55 bits per heavy atom. The normalized spacial score (nSPS) is 11.8. The predicted molar refractivity (Wildman–Crippen MR) is 76.2 cm³/mol. The standard InChI is InChI=1S/C15H14O4S/c1-10(15(17)18)12-7-8-14(20-12)19-13(16)9-11-5-3-2-4-6-11/h2-8,10H,9H2,1H3,(H,17,18). The minimum Gasteiger partial charge on any atom is -0.481 e. The number of esters is 1. The van der Waals surface area contributed by atoms with Crippen LogP contribution in [0.1, 0.15) is 23.3 Å². The first kappa shape index (κ1) is 14.3. The smallest absolute Gasteiger partial charge is 0.316 e. The zero-order valence-electron chi connectivity index (χ0n) is 10.9. The molecule has 0 radical (unpaired) electrons.